The lowest BCUT2D eigenvalue weighted by molar-refractivity contribution is 0.0950. The molecule has 20 heavy (non-hydrogen) atoms. The third kappa shape index (κ3) is 5.51. The molecule has 0 aliphatic heterocycles. The monoisotopic (exact) mass is 278 g/mol. The van der Waals surface area contributed by atoms with Crippen LogP contribution < -0.4 is 16.4 Å². The third-order valence-corrected chi connectivity index (χ3v) is 2.35. The number of carbonyl (C=O) groups is 1. The summed E-state index contributed by atoms with van der Waals surface area (Å²) in [6.07, 6.45) is 0. The van der Waals surface area contributed by atoms with Crippen molar-refractivity contribution in [3.05, 3.63) is 47.8 Å². The van der Waals surface area contributed by atoms with Crippen LogP contribution in [0.4, 0.5) is 4.39 Å². The molecule has 0 aliphatic rings. The molecule has 0 aliphatic carbocycles. The molecule has 0 bridgehead atoms. The number of halogens is 1. The summed E-state index contributed by atoms with van der Waals surface area (Å²) in [7, 11) is 0. The van der Waals surface area contributed by atoms with E-state index in [0.717, 1.165) is 5.57 Å². The van der Waals surface area contributed by atoms with Gasteiger partial charge in [-0.1, -0.05) is 24.3 Å². The summed E-state index contributed by atoms with van der Waals surface area (Å²) in [6, 6.07) is 5.82. The van der Waals surface area contributed by atoms with E-state index in [-0.39, 0.29) is 11.5 Å². The van der Waals surface area contributed by atoms with Gasteiger partial charge in [0.05, 0.1) is 12.1 Å². The highest BCUT2D eigenvalue weighted by atomic mass is 19.1. The van der Waals surface area contributed by atoms with Crippen LogP contribution in [0.3, 0.4) is 0 Å². The molecule has 1 aromatic carbocycles. The Morgan fingerprint density at radius 3 is 2.65 bits per heavy atom. The van der Waals surface area contributed by atoms with Crippen LogP contribution in [0.5, 0.6) is 0 Å². The summed E-state index contributed by atoms with van der Waals surface area (Å²) in [4.78, 5) is 15.7. The number of rotatable bonds is 6. The van der Waals surface area contributed by atoms with E-state index in [1.807, 2.05) is 6.92 Å². The normalized spacial score (nSPS) is 11.0. The average Bonchev–Trinajstić information content (AvgIpc) is 2.41. The van der Waals surface area contributed by atoms with E-state index in [2.05, 4.69) is 22.2 Å². The van der Waals surface area contributed by atoms with Crippen LogP contribution >= 0.6 is 0 Å². The Morgan fingerprint density at radius 1 is 1.35 bits per heavy atom. The smallest absolute Gasteiger partial charge is 0.254 e. The molecule has 0 saturated heterocycles. The first-order chi connectivity index (χ1) is 9.50. The molecule has 0 heterocycles. The van der Waals surface area contributed by atoms with Crippen LogP contribution in [0, 0.1) is 5.82 Å². The molecule has 0 aromatic heterocycles. The van der Waals surface area contributed by atoms with Gasteiger partial charge < -0.3 is 16.4 Å². The lowest BCUT2D eigenvalue weighted by atomic mass is 10.2. The van der Waals surface area contributed by atoms with E-state index in [9.17, 15) is 9.18 Å². The van der Waals surface area contributed by atoms with Gasteiger partial charge in [-0.15, -0.1) is 0 Å². The second kappa shape index (κ2) is 7.93. The van der Waals surface area contributed by atoms with Crippen molar-refractivity contribution in [3.63, 3.8) is 0 Å². The molecule has 1 aromatic rings. The van der Waals surface area contributed by atoms with Gasteiger partial charge >= 0.3 is 0 Å². The van der Waals surface area contributed by atoms with Gasteiger partial charge in [-0.2, -0.15) is 0 Å². The standard InChI is InChI=1S/C14H19FN4O/c1-10(2)9-19-14(16)18-8-7-17-13(20)11-5-3-4-6-12(11)15/h3-6H,1,7-9H2,2H3,(H,17,20)(H3,16,18,19). The molecule has 6 heteroatoms. The number of carbonyl (C=O) groups excluding carboxylic acids is 1. The van der Waals surface area contributed by atoms with Crippen molar-refractivity contribution in [2.75, 3.05) is 19.6 Å². The summed E-state index contributed by atoms with van der Waals surface area (Å²) < 4.78 is 13.3. The van der Waals surface area contributed by atoms with Gasteiger partial charge in [0.15, 0.2) is 5.96 Å². The van der Waals surface area contributed by atoms with Crippen LogP contribution in [0.25, 0.3) is 0 Å². The van der Waals surface area contributed by atoms with Crippen LogP contribution in [-0.2, 0) is 0 Å². The fraction of sp³-hybridized carbons (Fsp3) is 0.286. The molecule has 1 amide bonds. The van der Waals surface area contributed by atoms with E-state index >= 15 is 0 Å². The second-order valence-electron chi connectivity index (χ2n) is 4.32. The molecular formula is C14H19FN4O. The Hall–Kier alpha value is -2.37. The predicted molar refractivity (Wildman–Crippen MR) is 78.0 cm³/mol. The number of hydrogen-bond donors (Lipinski definition) is 3. The highest BCUT2D eigenvalue weighted by Crippen LogP contribution is 2.05. The summed E-state index contributed by atoms with van der Waals surface area (Å²) in [6.45, 7) is 6.74. The van der Waals surface area contributed by atoms with Crippen LogP contribution in [-0.4, -0.2) is 31.5 Å². The molecule has 0 spiro atoms. The number of nitrogens with one attached hydrogen (secondary N) is 2. The largest absolute Gasteiger partial charge is 0.370 e. The molecule has 0 unspecified atom stereocenters. The number of nitrogens with two attached hydrogens (primary N) is 1. The molecule has 5 nitrogen and oxygen atoms in total. The van der Waals surface area contributed by atoms with Crippen molar-refractivity contribution in [1.82, 2.24) is 10.6 Å². The van der Waals surface area contributed by atoms with Gasteiger partial charge in [0.25, 0.3) is 5.91 Å². The van der Waals surface area contributed by atoms with Gasteiger partial charge in [0.2, 0.25) is 0 Å². The molecule has 0 radical (unpaired) electrons. The number of aliphatic imine (C=N–C) groups is 1. The molecule has 1 rings (SSSR count). The maximum atomic E-state index is 13.3. The fourth-order valence-electron chi connectivity index (χ4n) is 1.38. The average molecular weight is 278 g/mol. The van der Waals surface area contributed by atoms with E-state index in [0.29, 0.717) is 19.6 Å². The summed E-state index contributed by atoms with van der Waals surface area (Å²) >= 11 is 0. The Morgan fingerprint density at radius 2 is 2.00 bits per heavy atom. The fourth-order valence-corrected chi connectivity index (χ4v) is 1.38. The second-order valence-corrected chi connectivity index (χ2v) is 4.32. The maximum Gasteiger partial charge on any atom is 0.254 e. The van der Waals surface area contributed by atoms with E-state index < -0.39 is 11.7 Å². The van der Waals surface area contributed by atoms with E-state index in [1.165, 1.54) is 18.2 Å². The minimum absolute atomic E-state index is 0.0245. The number of nitrogens with zero attached hydrogens (tertiary/aromatic N) is 1. The molecule has 0 saturated carbocycles. The summed E-state index contributed by atoms with van der Waals surface area (Å²) in [5.41, 5.74) is 6.53. The Balaban J connectivity index is 2.31. The van der Waals surface area contributed by atoms with Crippen molar-refractivity contribution in [2.45, 2.75) is 6.92 Å². The van der Waals surface area contributed by atoms with Crippen LogP contribution in [0.15, 0.2) is 41.4 Å². The first-order valence-electron chi connectivity index (χ1n) is 6.21. The van der Waals surface area contributed by atoms with Crippen LogP contribution in [0.2, 0.25) is 0 Å². The summed E-state index contributed by atoms with van der Waals surface area (Å²) in [5, 5.41) is 5.43. The number of guanidine groups is 1. The quantitative estimate of drug-likeness (QED) is 0.315. The number of amides is 1. The Labute approximate surface area is 117 Å². The van der Waals surface area contributed by atoms with Gasteiger partial charge in [-0.25, -0.2) is 9.38 Å². The van der Waals surface area contributed by atoms with Crippen molar-refractivity contribution < 1.29 is 9.18 Å². The lowest BCUT2D eigenvalue weighted by Gasteiger charge is -2.08. The first-order valence-corrected chi connectivity index (χ1v) is 6.21. The third-order valence-electron chi connectivity index (χ3n) is 2.35. The van der Waals surface area contributed by atoms with Crippen molar-refractivity contribution in [1.29, 1.82) is 0 Å². The minimum atomic E-state index is -0.541. The molecule has 4 N–H and O–H groups in total. The highest BCUT2D eigenvalue weighted by Gasteiger charge is 2.09. The molecule has 0 fully saturated rings. The van der Waals surface area contributed by atoms with Gasteiger partial charge in [0, 0.05) is 13.1 Å². The molecular weight excluding hydrogens is 259 g/mol. The maximum absolute atomic E-state index is 13.3. The van der Waals surface area contributed by atoms with Crippen LogP contribution in [0.1, 0.15) is 17.3 Å². The van der Waals surface area contributed by atoms with Crippen molar-refractivity contribution in [3.8, 4) is 0 Å². The van der Waals surface area contributed by atoms with Crippen molar-refractivity contribution >= 4 is 11.9 Å². The van der Waals surface area contributed by atoms with Gasteiger partial charge in [-0.05, 0) is 19.1 Å². The lowest BCUT2D eigenvalue weighted by Crippen LogP contribution is -2.38. The first kappa shape index (κ1) is 15.7. The minimum Gasteiger partial charge on any atom is -0.370 e. The molecule has 0 atom stereocenters. The van der Waals surface area contributed by atoms with Gasteiger partial charge in [-0.3, -0.25) is 4.79 Å². The Bertz CT molecular complexity index is 514. The zero-order valence-electron chi connectivity index (χ0n) is 11.4. The zero-order chi connectivity index (χ0) is 15.0. The van der Waals surface area contributed by atoms with Gasteiger partial charge in [0.1, 0.15) is 5.82 Å². The summed E-state index contributed by atoms with van der Waals surface area (Å²) in [5.74, 6) is -0.712. The Kier molecular flexibility index (Phi) is 6.22. The van der Waals surface area contributed by atoms with E-state index in [1.54, 1.807) is 6.07 Å². The molecule has 108 valence electrons. The SMILES string of the molecule is C=C(C)CN=C(N)NCCNC(=O)c1ccccc1F. The number of benzene rings is 1. The zero-order valence-corrected chi connectivity index (χ0v) is 11.4. The highest BCUT2D eigenvalue weighted by molar-refractivity contribution is 5.94. The topological polar surface area (TPSA) is 79.5 Å². The predicted octanol–water partition coefficient (Wildman–Crippen LogP) is 1.04. The van der Waals surface area contributed by atoms with E-state index in [4.69, 9.17) is 5.73 Å². The van der Waals surface area contributed by atoms with Crippen molar-refractivity contribution in [2.24, 2.45) is 10.7 Å². The number of hydrogen-bond acceptors (Lipinski definition) is 2.